The van der Waals surface area contributed by atoms with Crippen molar-refractivity contribution in [3.05, 3.63) is 102 Å². The Labute approximate surface area is 266 Å². The molecule has 2 aliphatic rings. The number of anilines is 2. The van der Waals surface area contributed by atoms with Crippen molar-refractivity contribution in [3.8, 4) is 0 Å². The highest BCUT2D eigenvalue weighted by Gasteiger charge is 2.25. The zero-order valence-corrected chi connectivity index (χ0v) is 26.5. The normalized spacial score (nSPS) is 16.5. The molecule has 9 heteroatoms. The Hall–Kier alpha value is -3.92. The lowest BCUT2D eigenvalue weighted by Gasteiger charge is -2.35. The van der Waals surface area contributed by atoms with Crippen LogP contribution in [-0.2, 0) is 21.2 Å². The SMILES string of the molecule is O=C(NCCCN1CCOCC1)c1cc(NS(=O)(=O)c2cccc3ccccc23)ccc1N1CCC(Cc2ccccc2)CC1. The topological polar surface area (TPSA) is 91.0 Å². The van der Waals surface area contributed by atoms with Crippen LogP contribution in [0.4, 0.5) is 11.4 Å². The summed E-state index contributed by atoms with van der Waals surface area (Å²) in [5, 5.41) is 4.61. The van der Waals surface area contributed by atoms with Crippen molar-refractivity contribution in [1.29, 1.82) is 0 Å². The summed E-state index contributed by atoms with van der Waals surface area (Å²) in [6.45, 7) is 6.45. The molecule has 45 heavy (non-hydrogen) atoms. The van der Waals surface area contributed by atoms with E-state index in [2.05, 4.69) is 44.1 Å². The number of benzene rings is 4. The smallest absolute Gasteiger partial charge is 0.262 e. The van der Waals surface area contributed by atoms with Gasteiger partial charge in [0, 0.05) is 49.5 Å². The number of hydrogen-bond donors (Lipinski definition) is 2. The molecule has 0 radical (unpaired) electrons. The van der Waals surface area contributed by atoms with E-state index in [0.29, 0.717) is 29.1 Å². The second-order valence-electron chi connectivity index (χ2n) is 12.0. The Balaban J connectivity index is 1.19. The van der Waals surface area contributed by atoms with Gasteiger partial charge in [0.2, 0.25) is 0 Å². The summed E-state index contributed by atoms with van der Waals surface area (Å²) in [6, 6.07) is 28.6. The molecule has 8 nitrogen and oxygen atoms in total. The molecule has 4 aromatic carbocycles. The van der Waals surface area contributed by atoms with Crippen molar-refractivity contribution < 1.29 is 17.9 Å². The first-order valence-corrected chi connectivity index (χ1v) is 17.5. The van der Waals surface area contributed by atoms with Crippen LogP contribution in [0.3, 0.4) is 0 Å². The molecule has 2 aliphatic heterocycles. The summed E-state index contributed by atoms with van der Waals surface area (Å²) in [5.74, 6) is 0.400. The fraction of sp³-hybridized carbons (Fsp3) is 0.361. The number of hydrogen-bond acceptors (Lipinski definition) is 6. The fourth-order valence-electron chi connectivity index (χ4n) is 6.45. The number of morpholine rings is 1. The molecule has 0 atom stereocenters. The molecule has 2 heterocycles. The number of nitrogens with zero attached hydrogens (tertiary/aromatic N) is 2. The van der Waals surface area contributed by atoms with Crippen molar-refractivity contribution in [3.63, 3.8) is 0 Å². The minimum absolute atomic E-state index is 0.190. The van der Waals surface area contributed by atoms with Gasteiger partial charge in [-0.1, -0.05) is 66.7 Å². The lowest BCUT2D eigenvalue weighted by atomic mass is 9.89. The quantitative estimate of drug-likeness (QED) is 0.212. The molecule has 0 aliphatic carbocycles. The van der Waals surface area contributed by atoms with Crippen LogP contribution in [0.5, 0.6) is 0 Å². The predicted octanol–water partition coefficient (Wildman–Crippen LogP) is 5.55. The number of amides is 1. The molecular formula is C36H42N4O4S. The van der Waals surface area contributed by atoms with E-state index < -0.39 is 10.0 Å². The van der Waals surface area contributed by atoms with E-state index in [-0.39, 0.29) is 10.8 Å². The van der Waals surface area contributed by atoms with E-state index in [9.17, 15) is 13.2 Å². The molecule has 0 aromatic heterocycles. The molecule has 2 saturated heterocycles. The number of sulfonamides is 1. The highest BCUT2D eigenvalue weighted by atomic mass is 32.2. The molecule has 2 fully saturated rings. The van der Waals surface area contributed by atoms with Crippen molar-refractivity contribution >= 4 is 38.1 Å². The highest BCUT2D eigenvalue weighted by molar-refractivity contribution is 7.93. The summed E-state index contributed by atoms with van der Waals surface area (Å²) >= 11 is 0. The summed E-state index contributed by atoms with van der Waals surface area (Å²) in [4.78, 5) is 18.5. The van der Waals surface area contributed by atoms with Crippen LogP contribution < -0.4 is 14.9 Å². The summed E-state index contributed by atoms with van der Waals surface area (Å²) in [7, 11) is -3.90. The van der Waals surface area contributed by atoms with Gasteiger partial charge in [0.25, 0.3) is 15.9 Å². The summed E-state index contributed by atoms with van der Waals surface area (Å²) in [6.07, 6.45) is 3.95. The Morgan fingerprint density at radius 1 is 0.844 bits per heavy atom. The van der Waals surface area contributed by atoms with Crippen LogP contribution in [0.25, 0.3) is 10.8 Å². The van der Waals surface area contributed by atoms with Crippen molar-refractivity contribution in [2.75, 3.05) is 62.1 Å². The number of carbonyl (C=O) groups excluding carboxylic acids is 1. The molecule has 6 rings (SSSR count). The Kier molecular flexibility index (Phi) is 9.98. The van der Waals surface area contributed by atoms with Crippen LogP contribution in [0.2, 0.25) is 0 Å². The van der Waals surface area contributed by atoms with E-state index in [1.807, 2.05) is 42.5 Å². The maximum atomic E-state index is 13.7. The number of rotatable bonds is 11. The second-order valence-corrected chi connectivity index (χ2v) is 13.6. The number of piperidine rings is 1. The van der Waals surface area contributed by atoms with Gasteiger partial charge < -0.3 is 15.0 Å². The molecule has 1 amide bonds. The zero-order valence-electron chi connectivity index (χ0n) is 25.7. The van der Waals surface area contributed by atoms with Crippen molar-refractivity contribution in [1.82, 2.24) is 10.2 Å². The highest BCUT2D eigenvalue weighted by Crippen LogP contribution is 2.32. The number of carbonyl (C=O) groups is 1. The Bertz CT molecular complexity index is 1690. The predicted molar refractivity (Wildman–Crippen MR) is 180 cm³/mol. The number of ether oxygens (including phenoxy) is 1. The molecule has 0 spiro atoms. The van der Waals surface area contributed by atoms with Gasteiger partial charge in [0.1, 0.15) is 0 Å². The van der Waals surface area contributed by atoms with Crippen LogP contribution in [-0.4, -0.2) is 71.7 Å². The van der Waals surface area contributed by atoms with Gasteiger partial charge in [0.05, 0.1) is 23.7 Å². The lowest BCUT2D eigenvalue weighted by Crippen LogP contribution is -2.38. The molecule has 0 unspecified atom stereocenters. The second kappa shape index (κ2) is 14.5. The molecular weight excluding hydrogens is 584 g/mol. The minimum Gasteiger partial charge on any atom is -0.379 e. The molecule has 4 aromatic rings. The van der Waals surface area contributed by atoms with E-state index in [4.69, 9.17) is 4.74 Å². The third kappa shape index (κ3) is 7.84. The molecule has 236 valence electrons. The van der Waals surface area contributed by atoms with Crippen LogP contribution in [0.15, 0.2) is 95.9 Å². The minimum atomic E-state index is -3.90. The van der Waals surface area contributed by atoms with E-state index in [1.165, 1.54) is 5.56 Å². The molecule has 0 saturated carbocycles. The average Bonchev–Trinajstić information content (AvgIpc) is 3.07. The van der Waals surface area contributed by atoms with Gasteiger partial charge in [-0.25, -0.2) is 8.42 Å². The molecule has 0 bridgehead atoms. The first-order valence-electron chi connectivity index (χ1n) is 16.0. The third-order valence-electron chi connectivity index (χ3n) is 8.90. The first-order chi connectivity index (χ1) is 22.0. The van der Waals surface area contributed by atoms with Gasteiger partial charge in [-0.15, -0.1) is 0 Å². The number of fused-ring (bicyclic) bond motifs is 1. The van der Waals surface area contributed by atoms with Crippen molar-refractivity contribution in [2.45, 2.75) is 30.6 Å². The van der Waals surface area contributed by atoms with Gasteiger partial charge in [-0.3, -0.25) is 14.4 Å². The van der Waals surface area contributed by atoms with Crippen LogP contribution in [0, 0.1) is 5.92 Å². The standard InChI is InChI=1S/C36H42N4O4S/c41-36(37-18-7-19-39-22-24-44-25-23-39)33-27-31(38-45(42,43)35-13-6-11-30-10-4-5-12-32(30)35)14-15-34(33)40-20-16-29(17-21-40)26-28-8-2-1-3-9-28/h1-6,8-15,27,29,38H,7,16-26H2,(H,37,41). The fourth-order valence-corrected chi connectivity index (χ4v) is 7.73. The maximum Gasteiger partial charge on any atom is 0.262 e. The first kappa shape index (κ1) is 31.1. The van der Waals surface area contributed by atoms with Crippen molar-refractivity contribution in [2.24, 2.45) is 5.92 Å². The van der Waals surface area contributed by atoms with Crippen LogP contribution in [0.1, 0.15) is 35.2 Å². The van der Waals surface area contributed by atoms with Gasteiger partial charge in [0.15, 0.2) is 0 Å². The Morgan fingerprint density at radius 3 is 2.38 bits per heavy atom. The molecule has 2 N–H and O–H groups in total. The summed E-state index contributed by atoms with van der Waals surface area (Å²) in [5.41, 5.74) is 3.05. The van der Waals surface area contributed by atoms with E-state index in [1.54, 1.807) is 24.3 Å². The third-order valence-corrected chi connectivity index (χ3v) is 10.3. The largest absolute Gasteiger partial charge is 0.379 e. The van der Waals surface area contributed by atoms with Gasteiger partial charge >= 0.3 is 0 Å². The number of nitrogens with one attached hydrogen (secondary N) is 2. The van der Waals surface area contributed by atoms with Gasteiger partial charge in [-0.2, -0.15) is 0 Å². The van der Waals surface area contributed by atoms with Crippen LogP contribution >= 0.6 is 0 Å². The van der Waals surface area contributed by atoms with E-state index in [0.717, 1.165) is 82.7 Å². The van der Waals surface area contributed by atoms with E-state index >= 15 is 0 Å². The zero-order chi connectivity index (χ0) is 31.1. The maximum absolute atomic E-state index is 13.7. The average molecular weight is 627 g/mol. The Morgan fingerprint density at radius 2 is 1.58 bits per heavy atom. The lowest BCUT2D eigenvalue weighted by molar-refractivity contribution is 0.0374. The monoisotopic (exact) mass is 626 g/mol. The summed E-state index contributed by atoms with van der Waals surface area (Å²) < 4.78 is 35.4. The van der Waals surface area contributed by atoms with Gasteiger partial charge in [-0.05, 0) is 73.4 Å².